The first-order valence-corrected chi connectivity index (χ1v) is 7.29. The van der Waals surface area contributed by atoms with E-state index in [1.54, 1.807) is 36.9 Å². The van der Waals surface area contributed by atoms with Gasteiger partial charge in [0.15, 0.2) is 0 Å². The first-order chi connectivity index (χ1) is 10.0. The number of piperidine rings is 1. The number of esters is 1. The summed E-state index contributed by atoms with van der Waals surface area (Å²) >= 11 is 0. The summed E-state index contributed by atoms with van der Waals surface area (Å²) in [5, 5.41) is 9.71. The molecule has 1 saturated heterocycles. The summed E-state index contributed by atoms with van der Waals surface area (Å²) in [5.41, 5.74) is 1.06. The molecule has 5 nitrogen and oxygen atoms in total. The van der Waals surface area contributed by atoms with Gasteiger partial charge in [-0.25, -0.2) is 0 Å². The van der Waals surface area contributed by atoms with Gasteiger partial charge in [-0.3, -0.25) is 9.59 Å². The average molecular weight is 291 g/mol. The van der Waals surface area contributed by atoms with Crippen molar-refractivity contribution < 1.29 is 19.4 Å². The monoisotopic (exact) mass is 291 g/mol. The number of amides is 1. The predicted molar refractivity (Wildman–Crippen MR) is 78.1 cm³/mol. The maximum atomic E-state index is 12.6. The Labute approximate surface area is 124 Å². The van der Waals surface area contributed by atoms with Gasteiger partial charge in [-0.1, -0.05) is 6.07 Å². The summed E-state index contributed by atoms with van der Waals surface area (Å²) in [6, 6.07) is 4.91. The lowest BCUT2D eigenvalue weighted by molar-refractivity contribution is -0.149. The van der Waals surface area contributed by atoms with Gasteiger partial charge in [0.25, 0.3) is 5.91 Å². The highest BCUT2D eigenvalue weighted by Crippen LogP contribution is 2.24. The first kappa shape index (κ1) is 15.4. The topological polar surface area (TPSA) is 66.8 Å². The molecule has 1 heterocycles. The SMILES string of the molecule is CCOC(=O)[C@H]1CCCN(C(=O)c2cccc(O)c2C)C1. The number of hydrogen-bond donors (Lipinski definition) is 1. The molecule has 1 aromatic carbocycles. The zero-order valence-corrected chi connectivity index (χ0v) is 12.5. The quantitative estimate of drug-likeness (QED) is 0.866. The number of carbonyl (C=O) groups excluding carboxylic acids is 2. The van der Waals surface area contributed by atoms with E-state index in [9.17, 15) is 14.7 Å². The van der Waals surface area contributed by atoms with Gasteiger partial charge in [-0.15, -0.1) is 0 Å². The molecule has 0 saturated carbocycles. The molecule has 0 aliphatic carbocycles. The van der Waals surface area contributed by atoms with Gasteiger partial charge in [0.2, 0.25) is 0 Å². The Morgan fingerprint density at radius 2 is 2.19 bits per heavy atom. The second-order valence-electron chi connectivity index (χ2n) is 5.29. The van der Waals surface area contributed by atoms with Crippen LogP contribution in [0.25, 0.3) is 0 Å². The van der Waals surface area contributed by atoms with Crippen LogP contribution in [0.2, 0.25) is 0 Å². The molecular formula is C16H21NO4. The zero-order chi connectivity index (χ0) is 15.4. The average Bonchev–Trinajstić information content (AvgIpc) is 2.50. The first-order valence-electron chi connectivity index (χ1n) is 7.29. The highest BCUT2D eigenvalue weighted by Gasteiger charge is 2.30. The number of phenols is 1. The molecule has 1 fully saturated rings. The largest absolute Gasteiger partial charge is 0.508 e. The van der Waals surface area contributed by atoms with E-state index in [1.165, 1.54) is 0 Å². The van der Waals surface area contributed by atoms with Gasteiger partial charge in [-0.05, 0) is 38.8 Å². The van der Waals surface area contributed by atoms with E-state index in [1.807, 2.05) is 0 Å². The molecule has 1 N–H and O–H groups in total. The minimum atomic E-state index is -0.250. The Bertz CT molecular complexity index is 541. The third-order valence-electron chi connectivity index (χ3n) is 3.86. The molecule has 114 valence electrons. The molecule has 1 atom stereocenters. The molecule has 5 heteroatoms. The molecule has 0 spiro atoms. The van der Waals surface area contributed by atoms with E-state index in [-0.39, 0.29) is 23.5 Å². The van der Waals surface area contributed by atoms with Gasteiger partial charge >= 0.3 is 5.97 Å². The highest BCUT2D eigenvalue weighted by atomic mass is 16.5. The lowest BCUT2D eigenvalue weighted by atomic mass is 9.97. The fourth-order valence-electron chi connectivity index (χ4n) is 2.64. The van der Waals surface area contributed by atoms with E-state index in [4.69, 9.17) is 4.74 Å². The minimum Gasteiger partial charge on any atom is -0.508 e. The number of carbonyl (C=O) groups is 2. The number of rotatable bonds is 3. The van der Waals surface area contributed by atoms with E-state index < -0.39 is 0 Å². The van der Waals surface area contributed by atoms with Crippen molar-refractivity contribution in [2.45, 2.75) is 26.7 Å². The second kappa shape index (κ2) is 6.61. The number of phenolic OH excluding ortho intramolecular Hbond substituents is 1. The van der Waals surface area contributed by atoms with Gasteiger partial charge in [0.1, 0.15) is 5.75 Å². The maximum absolute atomic E-state index is 12.6. The van der Waals surface area contributed by atoms with Crippen molar-refractivity contribution in [2.75, 3.05) is 19.7 Å². The summed E-state index contributed by atoms with van der Waals surface area (Å²) in [6.45, 7) is 4.86. The van der Waals surface area contributed by atoms with Crippen molar-refractivity contribution >= 4 is 11.9 Å². The van der Waals surface area contributed by atoms with Crippen LogP contribution in [0.1, 0.15) is 35.7 Å². The molecule has 0 radical (unpaired) electrons. The van der Waals surface area contributed by atoms with E-state index in [0.717, 1.165) is 12.8 Å². The molecule has 21 heavy (non-hydrogen) atoms. The molecular weight excluding hydrogens is 270 g/mol. The highest BCUT2D eigenvalue weighted by molar-refractivity contribution is 5.96. The number of ether oxygens (including phenoxy) is 1. The maximum Gasteiger partial charge on any atom is 0.310 e. The van der Waals surface area contributed by atoms with Crippen LogP contribution in [-0.4, -0.2) is 41.6 Å². The van der Waals surface area contributed by atoms with Gasteiger partial charge in [0, 0.05) is 24.2 Å². The Kier molecular flexibility index (Phi) is 4.83. The van der Waals surface area contributed by atoms with Crippen LogP contribution in [0.4, 0.5) is 0 Å². The molecule has 2 rings (SSSR count). The van der Waals surface area contributed by atoms with Gasteiger partial charge in [0.05, 0.1) is 12.5 Å². The summed E-state index contributed by atoms with van der Waals surface area (Å²) in [6.07, 6.45) is 1.54. The standard InChI is InChI=1S/C16H21NO4/c1-3-21-16(20)12-6-5-9-17(10-12)15(19)13-7-4-8-14(18)11(13)2/h4,7-8,12,18H,3,5-6,9-10H2,1-2H3/t12-/m0/s1. The number of likely N-dealkylation sites (tertiary alicyclic amines) is 1. The van der Waals surface area contributed by atoms with Crippen LogP contribution >= 0.6 is 0 Å². The Hall–Kier alpha value is -2.04. The number of aromatic hydroxyl groups is 1. The summed E-state index contributed by atoms with van der Waals surface area (Å²) < 4.78 is 5.04. The minimum absolute atomic E-state index is 0.111. The lowest BCUT2D eigenvalue weighted by Gasteiger charge is -2.32. The van der Waals surface area contributed by atoms with Crippen molar-refractivity contribution in [3.8, 4) is 5.75 Å². The Balaban J connectivity index is 2.12. The number of benzene rings is 1. The van der Waals surface area contributed by atoms with Crippen LogP contribution in [0.5, 0.6) is 5.75 Å². The fourth-order valence-corrected chi connectivity index (χ4v) is 2.64. The van der Waals surface area contributed by atoms with Crippen molar-refractivity contribution in [3.05, 3.63) is 29.3 Å². The number of hydrogen-bond acceptors (Lipinski definition) is 4. The third-order valence-corrected chi connectivity index (χ3v) is 3.86. The molecule has 0 aromatic heterocycles. The normalized spacial score (nSPS) is 18.4. The molecule has 0 unspecified atom stereocenters. The molecule has 1 amide bonds. The van der Waals surface area contributed by atoms with E-state index >= 15 is 0 Å². The van der Waals surface area contributed by atoms with E-state index in [2.05, 4.69) is 0 Å². The third kappa shape index (κ3) is 3.35. The van der Waals surface area contributed by atoms with Crippen molar-refractivity contribution in [1.82, 2.24) is 4.90 Å². The van der Waals surface area contributed by atoms with Crippen molar-refractivity contribution in [1.29, 1.82) is 0 Å². The van der Waals surface area contributed by atoms with Crippen LogP contribution in [-0.2, 0) is 9.53 Å². The second-order valence-corrected chi connectivity index (χ2v) is 5.29. The summed E-state index contributed by atoms with van der Waals surface area (Å²) in [4.78, 5) is 26.1. The smallest absolute Gasteiger partial charge is 0.310 e. The van der Waals surface area contributed by atoms with E-state index in [0.29, 0.717) is 30.8 Å². The Morgan fingerprint density at radius 3 is 2.90 bits per heavy atom. The lowest BCUT2D eigenvalue weighted by Crippen LogP contribution is -2.43. The fraction of sp³-hybridized carbons (Fsp3) is 0.500. The molecule has 1 aliphatic rings. The molecule has 1 aromatic rings. The number of nitrogens with zero attached hydrogens (tertiary/aromatic N) is 1. The van der Waals surface area contributed by atoms with Crippen LogP contribution < -0.4 is 0 Å². The van der Waals surface area contributed by atoms with Gasteiger partial charge < -0.3 is 14.7 Å². The molecule has 1 aliphatic heterocycles. The van der Waals surface area contributed by atoms with Crippen molar-refractivity contribution in [2.24, 2.45) is 5.92 Å². The van der Waals surface area contributed by atoms with Crippen LogP contribution in [0, 0.1) is 12.8 Å². The summed E-state index contributed by atoms with van der Waals surface area (Å²) in [7, 11) is 0. The predicted octanol–water partition coefficient (Wildman–Crippen LogP) is 2.12. The van der Waals surface area contributed by atoms with Crippen LogP contribution in [0.15, 0.2) is 18.2 Å². The van der Waals surface area contributed by atoms with Crippen LogP contribution in [0.3, 0.4) is 0 Å². The molecule has 0 bridgehead atoms. The van der Waals surface area contributed by atoms with Gasteiger partial charge in [-0.2, -0.15) is 0 Å². The zero-order valence-electron chi connectivity index (χ0n) is 12.5. The summed E-state index contributed by atoms with van der Waals surface area (Å²) in [5.74, 6) is -0.514. The Morgan fingerprint density at radius 1 is 1.43 bits per heavy atom. The van der Waals surface area contributed by atoms with Crippen molar-refractivity contribution in [3.63, 3.8) is 0 Å².